The summed E-state index contributed by atoms with van der Waals surface area (Å²) in [6.07, 6.45) is -0.347. The van der Waals surface area contributed by atoms with Crippen molar-refractivity contribution in [3.8, 4) is 0 Å². The molecule has 1 aromatic carbocycles. The zero-order valence-electron chi connectivity index (χ0n) is 11.1. The van der Waals surface area contributed by atoms with Gasteiger partial charge in [-0.2, -0.15) is 0 Å². The first-order valence-corrected chi connectivity index (χ1v) is 6.28. The van der Waals surface area contributed by atoms with E-state index in [-0.39, 0.29) is 23.4 Å². The summed E-state index contributed by atoms with van der Waals surface area (Å²) >= 11 is 5.56. The predicted octanol–water partition coefficient (Wildman–Crippen LogP) is 1.62. The third kappa shape index (κ3) is 5.03. The van der Waals surface area contributed by atoms with Crippen molar-refractivity contribution in [2.24, 2.45) is 0 Å². The van der Waals surface area contributed by atoms with Crippen LogP contribution in [0.25, 0.3) is 0 Å². The summed E-state index contributed by atoms with van der Waals surface area (Å²) in [6.45, 7) is 0. The molecule has 114 valence electrons. The van der Waals surface area contributed by atoms with E-state index in [1.165, 1.54) is 13.2 Å². The molecule has 8 heteroatoms. The number of esters is 1. The lowest BCUT2D eigenvalue weighted by Gasteiger charge is -2.14. The van der Waals surface area contributed by atoms with Gasteiger partial charge in [0.25, 0.3) is 5.91 Å². The summed E-state index contributed by atoms with van der Waals surface area (Å²) in [5.74, 6) is -3.70. The zero-order chi connectivity index (χ0) is 16.0. The molecule has 21 heavy (non-hydrogen) atoms. The van der Waals surface area contributed by atoms with Gasteiger partial charge in [0.1, 0.15) is 11.9 Å². The highest BCUT2D eigenvalue weighted by Gasteiger charge is 2.23. The summed E-state index contributed by atoms with van der Waals surface area (Å²) < 4.78 is 17.9. The molecule has 0 radical (unpaired) electrons. The Balaban J connectivity index is 2.76. The second kappa shape index (κ2) is 7.58. The topological polar surface area (TPSA) is 92.7 Å². The molecule has 0 bridgehead atoms. The highest BCUT2D eigenvalue weighted by Crippen LogP contribution is 2.15. The maximum absolute atomic E-state index is 13.6. The maximum atomic E-state index is 13.6. The second-order valence-electron chi connectivity index (χ2n) is 4.10. The standard InChI is InChI=1S/C13H13ClFNO5/c1-21-11(17)5-4-10(13(19)20)16-12(18)8-3-2-7(14)6-9(8)15/h2-3,6,10H,4-5H2,1H3,(H,16,18)(H,19,20)/t10-/m0/s1. The average Bonchev–Trinajstić information content (AvgIpc) is 2.42. The highest BCUT2D eigenvalue weighted by molar-refractivity contribution is 6.30. The number of halogens is 2. The van der Waals surface area contributed by atoms with Gasteiger partial charge in [0.05, 0.1) is 12.7 Å². The number of ether oxygens (including phenoxy) is 1. The number of hydrogen-bond donors (Lipinski definition) is 2. The first-order chi connectivity index (χ1) is 9.85. The van der Waals surface area contributed by atoms with Gasteiger partial charge in [-0.05, 0) is 24.6 Å². The van der Waals surface area contributed by atoms with E-state index in [0.717, 1.165) is 12.1 Å². The number of amides is 1. The highest BCUT2D eigenvalue weighted by atomic mass is 35.5. The normalized spacial score (nSPS) is 11.6. The van der Waals surface area contributed by atoms with Crippen LogP contribution >= 0.6 is 11.6 Å². The number of aliphatic carboxylic acids is 1. The molecular formula is C13H13ClFNO5. The van der Waals surface area contributed by atoms with E-state index in [1.54, 1.807) is 0 Å². The van der Waals surface area contributed by atoms with E-state index in [0.29, 0.717) is 0 Å². The van der Waals surface area contributed by atoms with Crippen molar-refractivity contribution < 1.29 is 28.6 Å². The fraction of sp³-hybridized carbons (Fsp3) is 0.308. The van der Waals surface area contributed by atoms with Crippen LogP contribution in [0.1, 0.15) is 23.2 Å². The van der Waals surface area contributed by atoms with Gasteiger partial charge >= 0.3 is 11.9 Å². The molecule has 6 nitrogen and oxygen atoms in total. The molecule has 2 N–H and O–H groups in total. The van der Waals surface area contributed by atoms with Crippen molar-refractivity contribution in [3.63, 3.8) is 0 Å². The molecule has 1 rings (SSSR count). The number of carbonyl (C=O) groups is 3. The van der Waals surface area contributed by atoms with Gasteiger partial charge in [0.15, 0.2) is 0 Å². The van der Waals surface area contributed by atoms with Crippen molar-refractivity contribution in [2.75, 3.05) is 7.11 Å². The van der Waals surface area contributed by atoms with Crippen LogP contribution in [0.3, 0.4) is 0 Å². The minimum Gasteiger partial charge on any atom is -0.480 e. The van der Waals surface area contributed by atoms with Crippen molar-refractivity contribution in [3.05, 3.63) is 34.6 Å². The molecule has 0 saturated carbocycles. The smallest absolute Gasteiger partial charge is 0.326 e. The van der Waals surface area contributed by atoms with E-state index in [2.05, 4.69) is 10.1 Å². The zero-order valence-corrected chi connectivity index (χ0v) is 11.8. The lowest BCUT2D eigenvalue weighted by atomic mass is 10.1. The molecule has 0 unspecified atom stereocenters. The third-order valence-corrected chi connectivity index (χ3v) is 2.88. The molecule has 0 aromatic heterocycles. The lowest BCUT2D eigenvalue weighted by Crippen LogP contribution is -2.41. The van der Waals surface area contributed by atoms with Gasteiger partial charge in [-0.15, -0.1) is 0 Å². The fourth-order valence-electron chi connectivity index (χ4n) is 1.53. The number of carbonyl (C=O) groups excluding carboxylic acids is 2. The van der Waals surface area contributed by atoms with Gasteiger partial charge in [0, 0.05) is 11.4 Å². The number of benzene rings is 1. The van der Waals surface area contributed by atoms with Crippen LogP contribution in [0.15, 0.2) is 18.2 Å². The Kier molecular flexibility index (Phi) is 6.10. The molecule has 0 aliphatic carbocycles. The van der Waals surface area contributed by atoms with Crippen LogP contribution < -0.4 is 5.32 Å². The molecular weight excluding hydrogens is 305 g/mol. The van der Waals surface area contributed by atoms with Crippen LogP contribution in [-0.4, -0.2) is 36.1 Å². The molecule has 1 atom stereocenters. The molecule has 0 aliphatic heterocycles. The maximum Gasteiger partial charge on any atom is 0.326 e. The van der Waals surface area contributed by atoms with Crippen LogP contribution in [0.5, 0.6) is 0 Å². The number of carboxylic acid groups (broad SMARTS) is 1. The van der Waals surface area contributed by atoms with E-state index in [9.17, 15) is 18.8 Å². The van der Waals surface area contributed by atoms with Crippen molar-refractivity contribution in [1.29, 1.82) is 0 Å². The Labute approximate surface area is 124 Å². The van der Waals surface area contributed by atoms with Crippen LogP contribution in [0.2, 0.25) is 5.02 Å². The number of rotatable bonds is 6. The molecule has 1 aromatic rings. The Morgan fingerprint density at radius 1 is 1.43 bits per heavy atom. The Morgan fingerprint density at radius 3 is 2.62 bits per heavy atom. The largest absolute Gasteiger partial charge is 0.480 e. The minimum atomic E-state index is -1.33. The van der Waals surface area contributed by atoms with Gasteiger partial charge in [-0.25, -0.2) is 9.18 Å². The quantitative estimate of drug-likeness (QED) is 0.778. The Hall–Kier alpha value is -2.15. The van der Waals surface area contributed by atoms with Gasteiger partial charge in [0.2, 0.25) is 0 Å². The SMILES string of the molecule is COC(=O)CC[C@H](NC(=O)c1ccc(Cl)cc1F)C(=O)O. The summed E-state index contributed by atoms with van der Waals surface area (Å²) in [5.41, 5.74) is -0.330. The molecule has 0 fully saturated rings. The van der Waals surface area contributed by atoms with Gasteiger partial charge in [-0.1, -0.05) is 11.6 Å². The third-order valence-electron chi connectivity index (χ3n) is 2.64. The summed E-state index contributed by atoms with van der Waals surface area (Å²) in [7, 11) is 1.17. The molecule has 0 heterocycles. The first kappa shape index (κ1) is 16.9. The Bertz CT molecular complexity index is 563. The molecule has 1 amide bonds. The summed E-state index contributed by atoms with van der Waals surface area (Å²) in [6, 6.07) is 2.07. The predicted molar refractivity (Wildman–Crippen MR) is 71.6 cm³/mol. The van der Waals surface area contributed by atoms with Gasteiger partial charge in [-0.3, -0.25) is 9.59 Å². The van der Waals surface area contributed by atoms with E-state index >= 15 is 0 Å². The van der Waals surface area contributed by atoms with Crippen molar-refractivity contribution >= 4 is 29.4 Å². The molecule has 0 spiro atoms. The summed E-state index contributed by atoms with van der Waals surface area (Å²) in [5, 5.41) is 11.2. The van der Waals surface area contributed by atoms with E-state index < -0.39 is 29.7 Å². The van der Waals surface area contributed by atoms with Crippen LogP contribution in [0.4, 0.5) is 4.39 Å². The van der Waals surface area contributed by atoms with E-state index in [4.69, 9.17) is 16.7 Å². The average molecular weight is 318 g/mol. The van der Waals surface area contributed by atoms with Crippen LogP contribution in [0, 0.1) is 5.82 Å². The number of methoxy groups -OCH3 is 1. The van der Waals surface area contributed by atoms with Crippen molar-refractivity contribution in [1.82, 2.24) is 5.32 Å². The fourth-order valence-corrected chi connectivity index (χ4v) is 1.69. The number of carboxylic acids is 1. The lowest BCUT2D eigenvalue weighted by molar-refractivity contribution is -0.142. The second-order valence-corrected chi connectivity index (χ2v) is 4.54. The monoisotopic (exact) mass is 317 g/mol. The van der Waals surface area contributed by atoms with Gasteiger partial charge < -0.3 is 15.2 Å². The Morgan fingerprint density at radius 2 is 2.10 bits per heavy atom. The molecule has 0 aliphatic rings. The number of nitrogens with one attached hydrogen (secondary N) is 1. The summed E-state index contributed by atoms with van der Waals surface area (Å²) in [4.78, 5) is 33.8. The molecule has 0 saturated heterocycles. The van der Waals surface area contributed by atoms with E-state index in [1.807, 2.05) is 0 Å². The first-order valence-electron chi connectivity index (χ1n) is 5.90. The number of hydrogen-bond acceptors (Lipinski definition) is 4. The van der Waals surface area contributed by atoms with Crippen molar-refractivity contribution in [2.45, 2.75) is 18.9 Å². The minimum absolute atomic E-state index is 0.115. The van der Waals surface area contributed by atoms with Crippen LogP contribution in [-0.2, 0) is 14.3 Å².